The zero-order chi connectivity index (χ0) is 14.4. The van der Waals surface area contributed by atoms with E-state index in [9.17, 15) is 14.7 Å². The molecule has 1 aromatic heterocycles. The molecule has 104 valence electrons. The number of aromatic nitrogens is 2. The normalized spacial score (nSPS) is 25.2. The smallest absolute Gasteiger partial charge is 0.353 e. The minimum Gasteiger partial charge on any atom is -0.477 e. The minimum atomic E-state index is -1.18. The van der Waals surface area contributed by atoms with Gasteiger partial charge in [0.05, 0.1) is 15.9 Å². The molecule has 20 heavy (non-hydrogen) atoms. The van der Waals surface area contributed by atoms with Crippen molar-refractivity contribution in [3.05, 3.63) is 22.3 Å². The molecule has 2 atom stereocenters. The second-order valence-corrected chi connectivity index (χ2v) is 6.48. The predicted octanol–water partition coefficient (Wildman–Crippen LogP) is -0.163. The highest BCUT2D eigenvalue weighted by Crippen LogP contribution is 2.40. The average Bonchev–Trinajstić information content (AvgIpc) is 2.98. The van der Waals surface area contributed by atoms with Crippen molar-refractivity contribution in [2.75, 3.05) is 5.75 Å². The number of thioether (sulfide) groups is 1. The molecule has 7 nitrogen and oxygen atoms in total. The Morgan fingerprint density at radius 1 is 1.60 bits per heavy atom. The van der Waals surface area contributed by atoms with Crippen molar-refractivity contribution in [1.29, 1.82) is 0 Å². The van der Waals surface area contributed by atoms with Gasteiger partial charge in [0.15, 0.2) is 0 Å². The molecule has 10 heteroatoms. The third kappa shape index (κ3) is 1.87. The topological polar surface area (TPSA) is 109 Å². The number of hydrogen-bond acceptors (Lipinski definition) is 8. The van der Waals surface area contributed by atoms with Crippen LogP contribution >= 0.6 is 35.5 Å². The summed E-state index contributed by atoms with van der Waals surface area (Å²) in [6, 6.07) is -0.644. The molecule has 0 unspecified atom stereocenters. The van der Waals surface area contributed by atoms with E-state index in [2.05, 4.69) is 9.59 Å². The van der Waals surface area contributed by atoms with Crippen LogP contribution < -0.4 is 5.73 Å². The Bertz CT molecular complexity index is 642. The number of carboxylic acid groups (broad SMARTS) is 1. The number of aliphatic carboxylic acids is 1. The summed E-state index contributed by atoms with van der Waals surface area (Å²) in [5, 5.41) is 12.8. The number of nitrogens with two attached hydrogens (primary N) is 1. The van der Waals surface area contributed by atoms with Gasteiger partial charge in [0, 0.05) is 11.3 Å². The van der Waals surface area contributed by atoms with Crippen LogP contribution in [0.4, 0.5) is 0 Å². The number of carbonyl (C=O) groups excluding carboxylic acids is 1. The Balaban J connectivity index is 2.05. The third-order valence-corrected chi connectivity index (χ3v) is 5.65. The summed E-state index contributed by atoms with van der Waals surface area (Å²) in [7, 11) is 0. The number of β-lactam (4-membered cyclic amide) rings is 1. The second kappa shape index (κ2) is 4.88. The van der Waals surface area contributed by atoms with Gasteiger partial charge in [0.25, 0.3) is 0 Å². The van der Waals surface area contributed by atoms with Crippen LogP contribution in [0.5, 0.6) is 0 Å². The zero-order valence-corrected chi connectivity index (χ0v) is 12.3. The number of thiocarbonyl (C=S) groups is 1. The van der Waals surface area contributed by atoms with E-state index in [4.69, 9.17) is 18.0 Å². The van der Waals surface area contributed by atoms with Gasteiger partial charge in [-0.05, 0) is 11.5 Å². The van der Waals surface area contributed by atoms with Crippen molar-refractivity contribution >= 4 is 52.3 Å². The molecule has 1 aromatic rings. The lowest BCUT2D eigenvalue weighted by Crippen LogP contribution is -2.68. The summed E-state index contributed by atoms with van der Waals surface area (Å²) >= 11 is 7.81. The molecule has 3 N–H and O–H groups in total. The molecular weight excluding hydrogens is 320 g/mol. The molecule has 0 aliphatic carbocycles. The molecule has 3 rings (SSSR count). The van der Waals surface area contributed by atoms with Gasteiger partial charge in [-0.15, -0.1) is 16.9 Å². The summed E-state index contributed by atoms with van der Waals surface area (Å²) in [6.07, 6.45) is 1.49. The largest absolute Gasteiger partial charge is 0.477 e. The first-order chi connectivity index (χ1) is 9.52. The summed E-state index contributed by atoms with van der Waals surface area (Å²) in [5.74, 6) is -1.16. The van der Waals surface area contributed by atoms with Crippen LogP contribution in [0.2, 0.25) is 0 Å². The standard InChI is InChI=1S/C10H8N4O3S3/c11-5-8(15)14-6(10(16)17)3(2-19-9(5)14)7(18)4-1-12-13-20-4/h1,5,9H,2,11H2,(H,16,17)/t5-,9-/m0/s1. The Labute approximate surface area is 127 Å². The lowest BCUT2D eigenvalue weighted by atomic mass is 10.0. The first-order valence-electron chi connectivity index (χ1n) is 5.51. The molecule has 0 saturated carbocycles. The molecular formula is C10H8N4O3S3. The van der Waals surface area contributed by atoms with E-state index in [-0.39, 0.29) is 17.0 Å². The van der Waals surface area contributed by atoms with Gasteiger partial charge in [-0.1, -0.05) is 16.7 Å². The molecule has 0 radical (unpaired) electrons. The average molecular weight is 328 g/mol. The van der Waals surface area contributed by atoms with Crippen molar-refractivity contribution in [3.63, 3.8) is 0 Å². The predicted molar refractivity (Wildman–Crippen MR) is 77.3 cm³/mol. The van der Waals surface area contributed by atoms with Crippen molar-refractivity contribution in [1.82, 2.24) is 14.5 Å². The lowest BCUT2D eigenvalue weighted by Gasteiger charge is -2.47. The van der Waals surface area contributed by atoms with Crippen LogP contribution in [0.1, 0.15) is 4.88 Å². The van der Waals surface area contributed by atoms with E-state index in [0.29, 0.717) is 21.1 Å². The maximum atomic E-state index is 11.8. The highest BCUT2D eigenvalue weighted by molar-refractivity contribution is 8.00. The van der Waals surface area contributed by atoms with Gasteiger partial charge in [0.2, 0.25) is 5.91 Å². The lowest BCUT2D eigenvalue weighted by molar-refractivity contribution is -0.147. The maximum absolute atomic E-state index is 11.8. The van der Waals surface area contributed by atoms with Gasteiger partial charge in [-0.3, -0.25) is 9.69 Å². The second-order valence-electron chi connectivity index (χ2n) is 4.18. The van der Waals surface area contributed by atoms with Crippen LogP contribution in [-0.2, 0) is 9.59 Å². The Morgan fingerprint density at radius 2 is 2.35 bits per heavy atom. The summed E-state index contributed by atoms with van der Waals surface area (Å²) in [5.41, 5.74) is 6.05. The van der Waals surface area contributed by atoms with Crippen molar-refractivity contribution in [2.45, 2.75) is 11.4 Å². The van der Waals surface area contributed by atoms with Crippen LogP contribution in [0.25, 0.3) is 0 Å². The number of amides is 1. The molecule has 1 saturated heterocycles. The first kappa shape index (κ1) is 13.6. The third-order valence-electron chi connectivity index (χ3n) is 3.07. The number of carbonyl (C=O) groups is 2. The Hall–Kier alpha value is -1.36. The van der Waals surface area contributed by atoms with E-state index in [1.807, 2.05) is 0 Å². The Kier molecular flexibility index (Phi) is 3.32. The van der Waals surface area contributed by atoms with E-state index in [0.717, 1.165) is 11.5 Å². The monoisotopic (exact) mass is 328 g/mol. The quantitative estimate of drug-likeness (QED) is 0.447. The van der Waals surface area contributed by atoms with Gasteiger partial charge in [-0.2, -0.15) is 0 Å². The number of carboxylic acids is 1. The molecule has 1 fully saturated rings. The molecule has 3 heterocycles. The summed E-state index contributed by atoms with van der Waals surface area (Å²) < 4.78 is 3.71. The van der Waals surface area contributed by atoms with E-state index in [1.54, 1.807) is 0 Å². The fourth-order valence-corrected chi connectivity index (χ4v) is 4.31. The fraction of sp³-hybridized carbons (Fsp3) is 0.300. The summed E-state index contributed by atoms with van der Waals surface area (Å²) in [6.45, 7) is 0. The first-order valence-corrected chi connectivity index (χ1v) is 7.74. The molecule has 0 spiro atoms. The van der Waals surface area contributed by atoms with Gasteiger partial charge in [0.1, 0.15) is 17.1 Å². The molecule has 1 amide bonds. The Morgan fingerprint density at radius 3 is 2.95 bits per heavy atom. The van der Waals surface area contributed by atoms with Crippen LogP contribution in [0.3, 0.4) is 0 Å². The van der Waals surface area contributed by atoms with Crippen molar-refractivity contribution < 1.29 is 14.7 Å². The summed E-state index contributed by atoms with van der Waals surface area (Å²) in [4.78, 5) is 25.5. The van der Waals surface area contributed by atoms with Crippen LogP contribution in [0.15, 0.2) is 17.5 Å². The van der Waals surface area contributed by atoms with Crippen molar-refractivity contribution in [3.8, 4) is 0 Å². The molecule has 2 aliphatic heterocycles. The van der Waals surface area contributed by atoms with Gasteiger partial charge in [-0.25, -0.2) is 4.79 Å². The van der Waals surface area contributed by atoms with E-state index in [1.165, 1.54) is 22.9 Å². The van der Waals surface area contributed by atoms with Gasteiger partial charge >= 0.3 is 5.97 Å². The maximum Gasteiger partial charge on any atom is 0.353 e. The zero-order valence-electron chi connectivity index (χ0n) is 9.85. The van der Waals surface area contributed by atoms with Gasteiger partial charge < -0.3 is 10.8 Å². The number of hydrogen-bond donors (Lipinski definition) is 2. The minimum absolute atomic E-state index is 0.0705. The number of rotatable bonds is 3. The number of fused-ring (bicyclic) bond motifs is 1. The van der Waals surface area contributed by atoms with E-state index >= 15 is 0 Å². The SMILES string of the molecule is N[C@H]1C(=O)N2C(C(=O)O)=C(C(=S)c3cnns3)CS[C@@H]12. The van der Waals surface area contributed by atoms with Crippen LogP contribution in [-0.4, -0.2) is 53.5 Å². The molecule has 2 aliphatic rings. The highest BCUT2D eigenvalue weighted by Gasteiger charge is 2.52. The highest BCUT2D eigenvalue weighted by atomic mass is 32.2. The van der Waals surface area contributed by atoms with Crippen molar-refractivity contribution in [2.24, 2.45) is 5.73 Å². The van der Waals surface area contributed by atoms with Crippen LogP contribution in [0, 0.1) is 0 Å². The molecule has 0 bridgehead atoms. The number of nitrogens with zero attached hydrogens (tertiary/aromatic N) is 3. The fourth-order valence-electron chi connectivity index (χ4n) is 2.11. The molecule has 0 aromatic carbocycles. The van der Waals surface area contributed by atoms with E-state index < -0.39 is 12.0 Å².